The molecule has 1 heterocycles. The lowest BCUT2D eigenvalue weighted by atomic mass is 10.2. The van der Waals surface area contributed by atoms with Gasteiger partial charge in [-0.15, -0.1) is 0 Å². The zero-order valence-electron chi connectivity index (χ0n) is 9.63. The summed E-state index contributed by atoms with van der Waals surface area (Å²) in [4.78, 5) is 15.4. The number of carbonyl (C=O) groups excluding carboxylic acids is 1. The third-order valence-corrected chi connectivity index (χ3v) is 2.23. The SMILES string of the molecule is Nc1cccc(/C=C/C(=O)NCc2ncn[nH]2)c1. The summed E-state index contributed by atoms with van der Waals surface area (Å²) in [5.41, 5.74) is 7.18. The van der Waals surface area contributed by atoms with Gasteiger partial charge in [-0.3, -0.25) is 9.89 Å². The minimum Gasteiger partial charge on any atom is -0.399 e. The second-order valence-corrected chi connectivity index (χ2v) is 3.65. The maximum Gasteiger partial charge on any atom is 0.244 e. The highest BCUT2D eigenvalue weighted by Gasteiger charge is 1.98. The van der Waals surface area contributed by atoms with E-state index < -0.39 is 0 Å². The summed E-state index contributed by atoms with van der Waals surface area (Å²) < 4.78 is 0. The number of nitrogen functional groups attached to an aromatic ring is 1. The zero-order chi connectivity index (χ0) is 12.8. The molecular formula is C12H13N5O. The number of aromatic nitrogens is 3. The molecule has 6 heteroatoms. The Kier molecular flexibility index (Phi) is 3.70. The van der Waals surface area contributed by atoms with Crippen molar-refractivity contribution < 1.29 is 4.79 Å². The van der Waals surface area contributed by atoms with Crippen molar-refractivity contribution in [3.8, 4) is 0 Å². The molecule has 0 aliphatic carbocycles. The minimum absolute atomic E-state index is 0.200. The molecule has 0 saturated heterocycles. The molecule has 0 fully saturated rings. The molecule has 2 aromatic rings. The number of aromatic amines is 1. The Labute approximate surface area is 104 Å². The number of rotatable bonds is 4. The summed E-state index contributed by atoms with van der Waals surface area (Å²) in [5, 5.41) is 9.02. The van der Waals surface area contributed by atoms with E-state index in [4.69, 9.17) is 5.73 Å². The van der Waals surface area contributed by atoms with E-state index >= 15 is 0 Å². The standard InChI is InChI=1S/C12H13N5O/c13-10-3-1-2-9(6-10)4-5-12(18)14-7-11-15-8-16-17-11/h1-6,8H,7,13H2,(H,14,18)(H,15,16,17)/b5-4+. The van der Waals surface area contributed by atoms with Gasteiger partial charge in [0.15, 0.2) is 0 Å². The smallest absolute Gasteiger partial charge is 0.244 e. The van der Waals surface area contributed by atoms with E-state index in [2.05, 4.69) is 20.5 Å². The van der Waals surface area contributed by atoms with Crippen molar-refractivity contribution in [2.24, 2.45) is 0 Å². The molecule has 0 aliphatic heterocycles. The van der Waals surface area contributed by atoms with E-state index in [1.165, 1.54) is 12.4 Å². The van der Waals surface area contributed by atoms with Crippen molar-refractivity contribution in [1.29, 1.82) is 0 Å². The van der Waals surface area contributed by atoms with Crippen molar-refractivity contribution in [3.05, 3.63) is 48.1 Å². The maximum atomic E-state index is 11.5. The fourth-order valence-corrected chi connectivity index (χ4v) is 1.38. The zero-order valence-corrected chi connectivity index (χ0v) is 9.63. The second kappa shape index (κ2) is 5.62. The van der Waals surface area contributed by atoms with E-state index in [1.54, 1.807) is 18.2 Å². The van der Waals surface area contributed by atoms with Gasteiger partial charge in [0.25, 0.3) is 0 Å². The summed E-state index contributed by atoms with van der Waals surface area (Å²) in [6.07, 6.45) is 4.54. The highest BCUT2D eigenvalue weighted by molar-refractivity contribution is 5.91. The molecule has 6 nitrogen and oxygen atoms in total. The Morgan fingerprint density at radius 2 is 2.39 bits per heavy atom. The van der Waals surface area contributed by atoms with Crippen LogP contribution in [0.15, 0.2) is 36.7 Å². The van der Waals surface area contributed by atoms with Gasteiger partial charge in [0.2, 0.25) is 5.91 Å². The molecule has 0 aliphatic rings. The van der Waals surface area contributed by atoms with Crippen LogP contribution in [0.5, 0.6) is 0 Å². The van der Waals surface area contributed by atoms with E-state index in [9.17, 15) is 4.79 Å². The molecule has 1 aromatic heterocycles. The highest BCUT2D eigenvalue weighted by Crippen LogP contribution is 2.07. The first-order valence-electron chi connectivity index (χ1n) is 5.40. The number of amides is 1. The molecular weight excluding hydrogens is 230 g/mol. The van der Waals surface area contributed by atoms with Gasteiger partial charge in [-0.1, -0.05) is 12.1 Å². The number of hydrogen-bond donors (Lipinski definition) is 3. The van der Waals surface area contributed by atoms with E-state index in [-0.39, 0.29) is 5.91 Å². The van der Waals surface area contributed by atoms with Crippen LogP contribution in [0, 0.1) is 0 Å². The topological polar surface area (TPSA) is 96.7 Å². The number of H-pyrrole nitrogens is 1. The first kappa shape index (κ1) is 11.8. The van der Waals surface area contributed by atoms with Crippen molar-refractivity contribution in [2.75, 3.05) is 5.73 Å². The lowest BCUT2D eigenvalue weighted by molar-refractivity contribution is -0.116. The normalized spacial score (nSPS) is 10.7. The van der Waals surface area contributed by atoms with Crippen LogP contribution in [-0.2, 0) is 11.3 Å². The van der Waals surface area contributed by atoms with Crippen molar-refractivity contribution in [1.82, 2.24) is 20.5 Å². The van der Waals surface area contributed by atoms with Crippen LogP contribution < -0.4 is 11.1 Å². The van der Waals surface area contributed by atoms with Crippen LogP contribution in [0.4, 0.5) is 5.69 Å². The summed E-state index contributed by atoms with van der Waals surface area (Å²) in [6.45, 7) is 0.320. The molecule has 0 unspecified atom stereocenters. The fraction of sp³-hybridized carbons (Fsp3) is 0.0833. The van der Waals surface area contributed by atoms with Gasteiger partial charge in [0, 0.05) is 11.8 Å². The number of nitrogens with zero attached hydrogens (tertiary/aromatic N) is 2. The number of nitrogens with two attached hydrogens (primary N) is 1. The van der Waals surface area contributed by atoms with Gasteiger partial charge >= 0.3 is 0 Å². The second-order valence-electron chi connectivity index (χ2n) is 3.65. The third-order valence-electron chi connectivity index (χ3n) is 2.23. The molecule has 0 radical (unpaired) electrons. The lowest BCUT2D eigenvalue weighted by Gasteiger charge is -1.98. The molecule has 1 aromatic carbocycles. The predicted molar refractivity (Wildman–Crippen MR) is 68.1 cm³/mol. The highest BCUT2D eigenvalue weighted by atomic mass is 16.1. The van der Waals surface area contributed by atoms with Crippen molar-refractivity contribution in [3.63, 3.8) is 0 Å². The molecule has 18 heavy (non-hydrogen) atoms. The Morgan fingerprint density at radius 3 is 3.11 bits per heavy atom. The Hall–Kier alpha value is -2.63. The van der Waals surface area contributed by atoms with Crippen molar-refractivity contribution in [2.45, 2.75) is 6.54 Å². The van der Waals surface area contributed by atoms with Gasteiger partial charge in [-0.05, 0) is 23.8 Å². The third kappa shape index (κ3) is 3.44. The summed E-state index contributed by atoms with van der Waals surface area (Å²) in [7, 11) is 0. The molecule has 0 spiro atoms. The molecule has 4 N–H and O–H groups in total. The van der Waals surface area contributed by atoms with E-state index in [1.807, 2.05) is 12.1 Å². The summed E-state index contributed by atoms with van der Waals surface area (Å²) in [6, 6.07) is 7.29. The predicted octanol–water partition coefficient (Wildman–Crippen LogP) is 0.716. The molecule has 0 bridgehead atoms. The van der Waals surface area contributed by atoms with Crippen molar-refractivity contribution >= 4 is 17.7 Å². The summed E-state index contributed by atoms with van der Waals surface area (Å²) >= 11 is 0. The minimum atomic E-state index is -0.200. The Bertz CT molecular complexity index is 547. The molecule has 2 rings (SSSR count). The van der Waals surface area contributed by atoms with Crippen LogP contribution in [0.3, 0.4) is 0 Å². The van der Waals surface area contributed by atoms with Crippen LogP contribution in [0.2, 0.25) is 0 Å². The molecule has 92 valence electrons. The largest absolute Gasteiger partial charge is 0.399 e. The number of anilines is 1. The number of benzene rings is 1. The van der Waals surface area contributed by atoms with E-state index in [0.717, 1.165) is 5.56 Å². The maximum absolute atomic E-state index is 11.5. The van der Waals surface area contributed by atoms with Crippen LogP contribution >= 0.6 is 0 Å². The van der Waals surface area contributed by atoms with Gasteiger partial charge in [0.05, 0.1) is 6.54 Å². The van der Waals surface area contributed by atoms with Crippen LogP contribution in [-0.4, -0.2) is 21.1 Å². The monoisotopic (exact) mass is 243 g/mol. The van der Waals surface area contributed by atoms with Gasteiger partial charge < -0.3 is 11.1 Å². The van der Waals surface area contributed by atoms with Gasteiger partial charge in [-0.2, -0.15) is 5.10 Å². The molecule has 0 atom stereocenters. The molecule has 0 saturated carbocycles. The first-order chi connectivity index (χ1) is 8.74. The van der Waals surface area contributed by atoms with Gasteiger partial charge in [0.1, 0.15) is 12.2 Å². The number of carbonyl (C=O) groups is 1. The quantitative estimate of drug-likeness (QED) is 0.544. The average molecular weight is 243 g/mol. The van der Waals surface area contributed by atoms with Crippen LogP contribution in [0.25, 0.3) is 6.08 Å². The molecule has 1 amide bonds. The number of nitrogens with one attached hydrogen (secondary N) is 2. The Balaban J connectivity index is 1.87. The van der Waals surface area contributed by atoms with Crippen LogP contribution in [0.1, 0.15) is 11.4 Å². The average Bonchev–Trinajstić information content (AvgIpc) is 2.87. The number of hydrogen-bond acceptors (Lipinski definition) is 4. The lowest BCUT2D eigenvalue weighted by Crippen LogP contribution is -2.20. The first-order valence-corrected chi connectivity index (χ1v) is 5.40. The van der Waals surface area contributed by atoms with E-state index in [0.29, 0.717) is 18.1 Å². The summed E-state index contributed by atoms with van der Waals surface area (Å²) in [5.74, 6) is 0.412. The Morgan fingerprint density at radius 1 is 1.50 bits per heavy atom. The van der Waals surface area contributed by atoms with Gasteiger partial charge in [-0.25, -0.2) is 4.98 Å². The fourth-order valence-electron chi connectivity index (χ4n) is 1.38.